The number of nitrogens with zero attached hydrogens (tertiary/aromatic N) is 1. The summed E-state index contributed by atoms with van der Waals surface area (Å²) in [4.78, 5) is 11.6. The van der Waals surface area contributed by atoms with Gasteiger partial charge >= 0.3 is 0 Å². The third-order valence-corrected chi connectivity index (χ3v) is 2.90. The van der Waals surface area contributed by atoms with Gasteiger partial charge in [0.2, 0.25) is 5.91 Å². The zero-order valence-electron chi connectivity index (χ0n) is 10.7. The van der Waals surface area contributed by atoms with Crippen LogP contribution in [0.1, 0.15) is 51.0 Å². The summed E-state index contributed by atoms with van der Waals surface area (Å²) in [6, 6.07) is 2.01. The lowest BCUT2D eigenvalue weighted by molar-refractivity contribution is -0.128. The van der Waals surface area contributed by atoms with E-state index in [-0.39, 0.29) is 11.3 Å². The molecule has 2 rings (SSSR count). The molecular weight excluding hydrogens is 216 g/mol. The molecule has 0 bridgehead atoms. The molecule has 1 N–H and O–H groups in total. The van der Waals surface area contributed by atoms with Crippen LogP contribution < -0.4 is 5.32 Å². The molecule has 1 saturated carbocycles. The fourth-order valence-electron chi connectivity index (χ4n) is 1.58. The van der Waals surface area contributed by atoms with Gasteiger partial charge in [-0.05, 0) is 12.8 Å². The van der Waals surface area contributed by atoms with Crippen molar-refractivity contribution in [2.24, 2.45) is 5.41 Å². The van der Waals surface area contributed by atoms with Crippen molar-refractivity contribution in [1.29, 1.82) is 0 Å². The Morgan fingerprint density at radius 3 is 2.82 bits per heavy atom. The van der Waals surface area contributed by atoms with Crippen LogP contribution in [0.5, 0.6) is 0 Å². The molecule has 17 heavy (non-hydrogen) atoms. The van der Waals surface area contributed by atoms with E-state index < -0.39 is 0 Å². The average Bonchev–Trinajstić information content (AvgIpc) is 2.98. The van der Waals surface area contributed by atoms with Crippen LogP contribution in [0.4, 0.5) is 0 Å². The second-order valence-electron chi connectivity index (χ2n) is 5.75. The van der Waals surface area contributed by atoms with Crippen molar-refractivity contribution >= 4 is 5.91 Å². The molecule has 0 saturated heterocycles. The summed E-state index contributed by atoms with van der Waals surface area (Å²) in [5, 5.41) is 6.91. The predicted molar refractivity (Wildman–Crippen MR) is 64.6 cm³/mol. The van der Waals surface area contributed by atoms with Gasteiger partial charge in [-0.1, -0.05) is 25.9 Å². The highest BCUT2D eigenvalue weighted by Crippen LogP contribution is 2.40. The van der Waals surface area contributed by atoms with Crippen LogP contribution in [0.2, 0.25) is 0 Å². The summed E-state index contributed by atoms with van der Waals surface area (Å²) in [5.74, 6) is 1.67. The first-order chi connectivity index (χ1) is 7.97. The molecular formula is C13H20N2O2. The first-order valence-electron chi connectivity index (χ1n) is 6.20. The van der Waals surface area contributed by atoms with E-state index in [0.717, 1.165) is 17.9 Å². The van der Waals surface area contributed by atoms with Crippen molar-refractivity contribution in [3.05, 3.63) is 17.5 Å². The molecule has 1 aromatic rings. The van der Waals surface area contributed by atoms with Gasteiger partial charge in [0.15, 0.2) is 0 Å². The van der Waals surface area contributed by atoms with E-state index in [1.54, 1.807) is 0 Å². The number of rotatable bonds is 4. The largest absolute Gasteiger partial charge is 0.361 e. The molecule has 1 amide bonds. The number of carbonyl (C=O) groups excluding carboxylic acids is 1. The second-order valence-corrected chi connectivity index (χ2v) is 5.75. The molecule has 0 spiro atoms. The fraction of sp³-hybridized carbons (Fsp3) is 0.692. The van der Waals surface area contributed by atoms with Gasteiger partial charge in [0.05, 0.1) is 5.69 Å². The van der Waals surface area contributed by atoms with Crippen molar-refractivity contribution in [2.75, 3.05) is 6.54 Å². The molecule has 1 aliphatic rings. The predicted octanol–water partition coefficient (Wildman–Crippen LogP) is 2.26. The van der Waals surface area contributed by atoms with E-state index in [9.17, 15) is 4.79 Å². The minimum absolute atomic E-state index is 0.0726. The van der Waals surface area contributed by atoms with Crippen molar-refractivity contribution < 1.29 is 9.32 Å². The van der Waals surface area contributed by atoms with Crippen molar-refractivity contribution in [3.63, 3.8) is 0 Å². The first kappa shape index (κ1) is 12.1. The van der Waals surface area contributed by atoms with Gasteiger partial charge in [0.25, 0.3) is 0 Å². The van der Waals surface area contributed by atoms with Crippen LogP contribution >= 0.6 is 0 Å². The van der Waals surface area contributed by atoms with Crippen LogP contribution in [0.15, 0.2) is 10.6 Å². The maximum absolute atomic E-state index is 11.6. The SMILES string of the molecule is CC(C)(C)C(=O)NCCc1cc(C2CC2)on1. The Morgan fingerprint density at radius 1 is 1.53 bits per heavy atom. The number of aromatic nitrogens is 1. The Morgan fingerprint density at radius 2 is 2.24 bits per heavy atom. The monoisotopic (exact) mass is 236 g/mol. The topological polar surface area (TPSA) is 55.1 Å². The number of nitrogens with one attached hydrogen (secondary N) is 1. The summed E-state index contributed by atoms with van der Waals surface area (Å²) in [7, 11) is 0. The van der Waals surface area contributed by atoms with Crippen LogP contribution in [0, 0.1) is 5.41 Å². The Bertz CT molecular complexity index is 400. The van der Waals surface area contributed by atoms with E-state index in [4.69, 9.17) is 4.52 Å². The highest BCUT2D eigenvalue weighted by molar-refractivity contribution is 5.81. The zero-order chi connectivity index (χ0) is 12.5. The minimum atomic E-state index is -0.330. The van der Waals surface area contributed by atoms with Crippen LogP contribution in [0.3, 0.4) is 0 Å². The Labute approximate surface area is 102 Å². The molecule has 0 aromatic carbocycles. The maximum Gasteiger partial charge on any atom is 0.225 e. The molecule has 1 fully saturated rings. The van der Waals surface area contributed by atoms with Crippen LogP contribution in [-0.4, -0.2) is 17.6 Å². The summed E-state index contributed by atoms with van der Waals surface area (Å²) < 4.78 is 5.25. The van der Waals surface area contributed by atoms with Crippen molar-refractivity contribution in [3.8, 4) is 0 Å². The fourth-order valence-corrected chi connectivity index (χ4v) is 1.58. The van der Waals surface area contributed by atoms with Crippen molar-refractivity contribution in [1.82, 2.24) is 10.5 Å². The third kappa shape index (κ3) is 3.32. The Balaban J connectivity index is 1.76. The smallest absolute Gasteiger partial charge is 0.225 e. The molecule has 0 atom stereocenters. The van der Waals surface area contributed by atoms with Gasteiger partial charge in [-0.25, -0.2) is 0 Å². The molecule has 1 aromatic heterocycles. The number of amides is 1. The van der Waals surface area contributed by atoms with Crippen LogP contribution in [-0.2, 0) is 11.2 Å². The zero-order valence-corrected chi connectivity index (χ0v) is 10.7. The molecule has 0 aliphatic heterocycles. The number of carbonyl (C=O) groups is 1. The van der Waals surface area contributed by atoms with Crippen molar-refractivity contribution in [2.45, 2.75) is 46.0 Å². The molecule has 0 unspecified atom stereocenters. The van der Waals surface area contributed by atoms with E-state index in [1.165, 1.54) is 12.8 Å². The number of hydrogen-bond acceptors (Lipinski definition) is 3. The van der Waals surface area contributed by atoms with E-state index in [0.29, 0.717) is 12.5 Å². The van der Waals surface area contributed by atoms with E-state index >= 15 is 0 Å². The lowest BCUT2D eigenvalue weighted by Crippen LogP contribution is -2.35. The van der Waals surface area contributed by atoms with Crippen LogP contribution in [0.25, 0.3) is 0 Å². The third-order valence-electron chi connectivity index (χ3n) is 2.90. The van der Waals surface area contributed by atoms with Gasteiger partial charge in [-0.15, -0.1) is 0 Å². The normalized spacial score (nSPS) is 15.9. The molecule has 4 heteroatoms. The summed E-state index contributed by atoms with van der Waals surface area (Å²) in [6.45, 7) is 6.34. The minimum Gasteiger partial charge on any atom is -0.361 e. The first-order valence-corrected chi connectivity index (χ1v) is 6.20. The summed E-state index contributed by atoms with van der Waals surface area (Å²) in [6.07, 6.45) is 3.17. The second kappa shape index (κ2) is 4.51. The lowest BCUT2D eigenvalue weighted by Gasteiger charge is -2.17. The highest BCUT2D eigenvalue weighted by atomic mass is 16.5. The van der Waals surface area contributed by atoms with Gasteiger partial charge < -0.3 is 9.84 Å². The average molecular weight is 236 g/mol. The standard InChI is InChI=1S/C13H20N2O2/c1-13(2,3)12(16)14-7-6-10-8-11(17-15-10)9-4-5-9/h8-9H,4-7H2,1-3H3,(H,14,16). The van der Waals surface area contributed by atoms with Gasteiger partial charge in [0.1, 0.15) is 5.76 Å². The van der Waals surface area contributed by atoms with E-state index in [1.807, 2.05) is 26.8 Å². The van der Waals surface area contributed by atoms with E-state index in [2.05, 4.69) is 10.5 Å². The van der Waals surface area contributed by atoms with Gasteiger partial charge in [-0.3, -0.25) is 4.79 Å². The van der Waals surface area contributed by atoms with Gasteiger partial charge in [-0.2, -0.15) is 0 Å². The molecule has 4 nitrogen and oxygen atoms in total. The maximum atomic E-state index is 11.6. The lowest BCUT2D eigenvalue weighted by atomic mass is 9.96. The number of hydrogen-bond donors (Lipinski definition) is 1. The summed E-state index contributed by atoms with van der Waals surface area (Å²) >= 11 is 0. The molecule has 0 radical (unpaired) electrons. The summed E-state index contributed by atoms with van der Waals surface area (Å²) in [5.41, 5.74) is 0.601. The molecule has 1 aliphatic carbocycles. The Hall–Kier alpha value is -1.32. The Kier molecular flexibility index (Phi) is 3.22. The molecule has 1 heterocycles. The quantitative estimate of drug-likeness (QED) is 0.872. The highest BCUT2D eigenvalue weighted by Gasteiger charge is 2.27. The molecule has 94 valence electrons. The van der Waals surface area contributed by atoms with Gasteiger partial charge in [0, 0.05) is 30.4 Å².